The first-order chi connectivity index (χ1) is 6.20. The van der Waals surface area contributed by atoms with Gasteiger partial charge in [-0.1, -0.05) is 0 Å². The fraction of sp³-hybridized carbons (Fsp3) is 0.500. The molecule has 5 heteroatoms. The summed E-state index contributed by atoms with van der Waals surface area (Å²) in [6.45, 7) is 2.02. The molecule has 70 valence electrons. The molecule has 0 aliphatic rings. The SMILES string of the molecule is Cc1oc(CCCO)[c]([Hg][Cl])c1Cl. The van der Waals surface area contributed by atoms with Gasteiger partial charge in [0.2, 0.25) is 0 Å². The van der Waals surface area contributed by atoms with Crippen LogP contribution >= 0.6 is 19.9 Å². The van der Waals surface area contributed by atoms with Crippen molar-refractivity contribution in [3.05, 3.63) is 16.5 Å². The molecule has 2 nitrogen and oxygen atoms in total. The molecule has 1 rings (SSSR count). The van der Waals surface area contributed by atoms with Crippen LogP contribution < -0.4 is 3.07 Å². The quantitative estimate of drug-likeness (QED) is 0.772. The van der Waals surface area contributed by atoms with Crippen LogP contribution in [-0.4, -0.2) is 11.7 Å². The molecule has 0 saturated carbocycles. The average Bonchev–Trinajstić information content (AvgIpc) is 2.39. The van der Waals surface area contributed by atoms with Gasteiger partial charge in [-0.25, -0.2) is 0 Å². The van der Waals surface area contributed by atoms with Crippen molar-refractivity contribution in [2.24, 2.45) is 0 Å². The summed E-state index contributed by atoms with van der Waals surface area (Å²) in [6, 6.07) is 0. The molecule has 0 aromatic carbocycles. The number of aryl methyl sites for hydroxylation is 2. The molecule has 0 fully saturated rings. The van der Waals surface area contributed by atoms with Crippen LogP contribution in [0, 0.1) is 6.92 Å². The monoisotopic (exact) mass is 410 g/mol. The molecule has 0 atom stereocenters. The third-order valence-corrected chi connectivity index (χ3v) is 9.54. The van der Waals surface area contributed by atoms with Crippen molar-refractivity contribution in [1.82, 2.24) is 0 Å². The zero-order valence-electron chi connectivity index (χ0n) is 7.44. The first-order valence-corrected chi connectivity index (χ1v) is 14.0. The van der Waals surface area contributed by atoms with Gasteiger partial charge in [-0.3, -0.25) is 0 Å². The predicted octanol–water partition coefficient (Wildman–Crippen LogP) is 2.03. The van der Waals surface area contributed by atoms with E-state index in [0.717, 1.165) is 21.0 Å². The Morgan fingerprint density at radius 2 is 2.23 bits per heavy atom. The molecule has 0 aliphatic carbocycles. The van der Waals surface area contributed by atoms with E-state index in [1.165, 1.54) is 0 Å². The third-order valence-electron chi connectivity index (χ3n) is 1.88. The Labute approximate surface area is 98.1 Å². The van der Waals surface area contributed by atoms with Gasteiger partial charge >= 0.3 is 98.7 Å². The second-order valence-electron chi connectivity index (χ2n) is 2.83. The van der Waals surface area contributed by atoms with E-state index in [9.17, 15) is 0 Å². The second-order valence-corrected chi connectivity index (χ2v) is 9.35. The van der Waals surface area contributed by atoms with Gasteiger partial charge in [-0.2, -0.15) is 0 Å². The van der Waals surface area contributed by atoms with Gasteiger partial charge in [0.15, 0.2) is 0 Å². The van der Waals surface area contributed by atoms with Gasteiger partial charge in [0.25, 0.3) is 0 Å². The van der Waals surface area contributed by atoms with Crippen molar-refractivity contribution in [2.75, 3.05) is 6.61 Å². The Balaban J connectivity index is 2.86. The summed E-state index contributed by atoms with van der Waals surface area (Å²) >= 11 is 4.50. The second kappa shape index (κ2) is 5.59. The zero-order valence-corrected chi connectivity index (χ0v) is 14.4. The normalized spacial score (nSPS) is 10.2. The van der Waals surface area contributed by atoms with Crippen LogP contribution in [0.2, 0.25) is 5.02 Å². The van der Waals surface area contributed by atoms with E-state index in [1.807, 2.05) is 6.92 Å². The Bertz CT molecular complexity index is 286. The van der Waals surface area contributed by atoms with Crippen molar-refractivity contribution in [3.63, 3.8) is 0 Å². The van der Waals surface area contributed by atoms with Crippen LogP contribution in [0.25, 0.3) is 0 Å². The van der Waals surface area contributed by atoms with Gasteiger partial charge in [-0.05, 0) is 0 Å². The van der Waals surface area contributed by atoms with Gasteiger partial charge in [0.1, 0.15) is 0 Å². The maximum absolute atomic E-state index is 8.68. The molecule has 0 aliphatic heterocycles. The fourth-order valence-electron chi connectivity index (χ4n) is 1.20. The number of hydrogen-bond acceptors (Lipinski definition) is 2. The maximum atomic E-state index is 8.68. The molecule has 0 amide bonds. The summed E-state index contributed by atoms with van der Waals surface area (Å²) in [7, 11) is 5.94. The van der Waals surface area contributed by atoms with Crippen LogP contribution in [-0.2, 0) is 29.8 Å². The van der Waals surface area contributed by atoms with E-state index in [4.69, 9.17) is 29.4 Å². The van der Waals surface area contributed by atoms with Gasteiger partial charge in [0.05, 0.1) is 0 Å². The third kappa shape index (κ3) is 2.85. The Morgan fingerprint density at radius 3 is 2.77 bits per heavy atom. The Hall–Kier alpha value is 0.755. The topological polar surface area (TPSA) is 33.4 Å². The molecular formula is C8H10Cl2HgO2. The van der Waals surface area contributed by atoms with E-state index in [0.29, 0.717) is 11.4 Å². The van der Waals surface area contributed by atoms with Crippen LogP contribution in [0.4, 0.5) is 0 Å². The van der Waals surface area contributed by atoms with Crippen molar-refractivity contribution < 1.29 is 32.9 Å². The summed E-state index contributed by atoms with van der Waals surface area (Å²) < 4.78 is 6.54. The standard InChI is InChI=1S/C8H10ClO2.ClH.Hg/c1-6-8(9)5-7(11-6)3-2-4-10;;/h10H,2-4H2,1H3;1H;/q;;+1/p-1. The van der Waals surface area contributed by atoms with E-state index in [2.05, 4.69) is 0 Å². The predicted molar refractivity (Wildman–Crippen MR) is 49.3 cm³/mol. The number of rotatable bonds is 4. The first-order valence-electron chi connectivity index (χ1n) is 4.14. The minimum absolute atomic E-state index is 0.177. The molecule has 0 radical (unpaired) electrons. The van der Waals surface area contributed by atoms with Gasteiger partial charge in [-0.15, -0.1) is 0 Å². The average molecular weight is 410 g/mol. The Kier molecular flexibility index (Phi) is 5.09. The number of furan rings is 1. The minimum atomic E-state index is -1.51. The summed E-state index contributed by atoms with van der Waals surface area (Å²) in [5, 5.41) is 9.39. The summed E-state index contributed by atoms with van der Waals surface area (Å²) in [5.74, 6) is 1.65. The summed E-state index contributed by atoms with van der Waals surface area (Å²) in [5.41, 5.74) is 0. The van der Waals surface area contributed by atoms with Crippen molar-refractivity contribution in [1.29, 1.82) is 0 Å². The molecule has 0 bridgehead atoms. The molecule has 0 saturated heterocycles. The molecule has 13 heavy (non-hydrogen) atoms. The molecule has 1 aromatic heterocycles. The summed E-state index contributed by atoms with van der Waals surface area (Å²) in [4.78, 5) is 0. The Morgan fingerprint density at radius 1 is 1.54 bits per heavy atom. The molecular weight excluding hydrogens is 400 g/mol. The molecule has 1 aromatic rings. The van der Waals surface area contributed by atoms with Crippen molar-refractivity contribution in [3.8, 4) is 0 Å². The number of aliphatic hydroxyl groups is 1. The van der Waals surface area contributed by atoms with Crippen LogP contribution in [0.1, 0.15) is 17.9 Å². The van der Waals surface area contributed by atoms with E-state index in [-0.39, 0.29) is 6.61 Å². The van der Waals surface area contributed by atoms with E-state index >= 15 is 0 Å². The van der Waals surface area contributed by atoms with Crippen molar-refractivity contribution >= 4 is 22.9 Å². The van der Waals surface area contributed by atoms with E-state index < -0.39 is 23.3 Å². The zero-order chi connectivity index (χ0) is 9.84. The number of halogens is 2. The summed E-state index contributed by atoms with van der Waals surface area (Å²) in [6.07, 6.45) is 1.45. The molecule has 0 spiro atoms. The molecule has 1 N–H and O–H groups in total. The van der Waals surface area contributed by atoms with Crippen LogP contribution in [0.3, 0.4) is 0 Å². The first kappa shape index (κ1) is 11.8. The van der Waals surface area contributed by atoms with Crippen molar-refractivity contribution in [2.45, 2.75) is 19.8 Å². The van der Waals surface area contributed by atoms with Crippen LogP contribution in [0.15, 0.2) is 4.42 Å². The number of hydrogen-bond donors (Lipinski definition) is 1. The fourth-order valence-corrected chi connectivity index (χ4v) is 7.98. The van der Waals surface area contributed by atoms with E-state index in [1.54, 1.807) is 0 Å². The van der Waals surface area contributed by atoms with Gasteiger partial charge < -0.3 is 0 Å². The number of aliphatic hydroxyl groups excluding tert-OH is 1. The van der Waals surface area contributed by atoms with Gasteiger partial charge in [0, 0.05) is 0 Å². The van der Waals surface area contributed by atoms with Crippen LogP contribution in [0.5, 0.6) is 0 Å². The molecule has 1 heterocycles. The molecule has 0 unspecified atom stereocenters.